The first-order chi connectivity index (χ1) is 15.1. The van der Waals surface area contributed by atoms with Gasteiger partial charge >= 0.3 is 5.97 Å². The minimum absolute atomic E-state index is 0.312. The van der Waals surface area contributed by atoms with E-state index in [2.05, 4.69) is 20.7 Å². The van der Waals surface area contributed by atoms with Crippen molar-refractivity contribution >= 4 is 39.0 Å². The molecule has 0 radical (unpaired) electrons. The van der Waals surface area contributed by atoms with Crippen LogP contribution in [0.2, 0.25) is 0 Å². The highest BCUT2D eigenvalue weighted by atomic mass is 32.1. The number of aromatic nitrogens is 2. The molecular weight excluding hydrogens is 410 g/mol. The van der Waals surface area contributed by atoms with Gasteiger partial charge in [0.1, 0.15) is 22.2 Å². The number of benzene rings is 2. The number of carbonyl (C=O) groups is 1. The summed E-state index contributed by atoms with van der Waals surface area (Å²) >= 11 is 1.59. The Hall–Kier alpha value is -3.45. The number of aryl methyl sites for hydroxylation is 1. The van der Waals surface area contributed by atoms with E-state index >= 15 is 0 Å². The molecular formula is C24H23N3O3S. The average molecular weight is 434 g/mol. The van der Waals surface area contributed by atoms with Crippen LogP contribution in [0.4, 0.5) is 11.5 Å². The topological polar surface area (TPSA) is 73.3 Å². The number of nitrogens with zero attached hydrogens (tertiary/aromatic N) is 2. The third kappa shape index (κ3) is 4.51. The van der Waals surface area contributed by atoms with Crippen molar-refractivity contribution in [3.8, 4) is 16.9 Å². The van der Waals surface area contributed by atoms with Crippen LogP contribution in [-0.4, -0.2) is 29.7 Å². The zero-order valence-electron chi connectivity index (χ0n) is 17.6. The van der Waals surface area contributed by atoms with Crippen molar-refractivity contribution in [3.05, 3.63) is 65.3 Å². The lowest BCUT2D eigenvalue weighted by Gasteiger charge is -2.11. The lowest BCUT2D eigenvalue weighted by atomic mass is 10.1. The van der Waals surface area contributed by atoms with E-state index in [0.717, 1.165) is 45.0 Å². The maximum absolute atomic E-state index is 12.0. The molecule has 0 saturated heterocycles. The lowest BCUT2D eigenvalue weighted by Crippen LogP contribution is -2.06. The molecule has 2 aromatic heterocycles. The second-order valence-corrected chi connectivity index (χ2v) is 7.87. The van der Waals surface area contributed by atoms with Crippen molar-refractivity contribution in [2.45, 2.75) is 20.3 Å². The molecule has 4 aromatic rings. The molecule has 0 unspecified atom stereocenters. The smallest absolute Gasteiger partial charge is 0.338 e. The van der Waals surface area contributed by atoms with E-state index in [1.165, 1.54) is 0 Å². The van der Waals surface area contributed by atoms with Crippen molar-refractivity contribution in [1.82, 2.24) is 9.97 Å². The third-order valence-electron chi connectivity index (χ3n) is 4.77. The first kappa shape index (κ1) is 20.8. The molecule has 2 aromatic carbocycles. The Kier molecular flexibility index (Phi) is 6.13. The van der Waals surface area contributed by atoms with Crippen molar-refractivity contribution in [2.75, 3.05) is 19.0 Å². The highest BCUT2D eigenvalue weighted by molar-refractivity contribution is 7.17. The van der Waals surface area contributed by atoms with Crippen molar-refractivity contribution < 1.29 is 14.3 Å². The Bertz CT molecular complexity index is 1200. The van der Waals surface area contributed by atoms with E-state index < -0.39 is 0 Å². The summed E-state index contributed by atoms with van der Waals surface area (Å²) in [6.07, 6.45) is 0.797. The molecule has 7 heteroatoms. The summed E-state index contributed by atoms with van der Waals surface area (Å²) < 4.78 is 10.5. The molecule has 0 aliphatic heterocycles. The summed E-state index contributed by atoms with van der Waals surface area (Å²) in [6, 6.07) is 15.2. The van der Waals surface area contributed by atoms with Crippen LogP contribution < -0.4 is 10.1 Å². The number of esters is 1. The van der Waals surface area contributed by atoms with Crippen LogP contribution in [0.25, 0.3) is 21.3 Å². The van der Waals surface area contributed by atoms with E-state index in [4.69, 9.17) is 9.47 Å². The van der Waals surface area contributed by atoms with E-state index in [0.29, 0.717) is 18.0 Å². The molecule has 31 heavy (non-hydrogen) atoms. The monoisotopic (exact) mass is 433 g/mol. The predicted octanol–water partition coefficient (Wildman–Crippen LogP) is 5.99. The van der Waals surface area contributed by atoms with Gasteiger partial charge in [0.2, 0.25) is 0 Å². The summed E-state index contributed by atoms with van der Waals surface area (Å²) in [5.41, 5.74) is 3.48. The normalized spacial score (nSPS) is 10.8. The molecule has 0 aliphatic rings. The summed E-state index contributed by atoms with van der Waals surface area (Å²) in [6.45, 7) is 4.27. The molecule has 0 saturated carbocycles. The largest absolute Gasteiger partial charge is 0.497 e. The fourth-order valence-electron chi connectivity index (χ4n) is 3.23. The van der Waals surface area contributed by atoms with Crippen LogP contribution in [0.15, 0.2) is 53.9 Å². The first-order valence-electron chi connectivity index (χ1n) is 10.0. The zero-order valence-corrected chi connectivity index (χ0v) is 18.5. The second kappa shape index (κ2) is 9.14. The average Bonchev–Trinajstić information content (AvgIpc) is 3.22. The number of nitrogens with one attached hydrogen (secondary N) is 1. The highest BCUT2D eigenvalue weighted by Crippen LogP contribution is 2.38. The van der Waals surface area contributed by atoms with Gasteiger partial charge in [0.15, 0.2) is 0 Å². The van der Waals surface area contributed by atoms with Gasteiger partial charge in [-0.2, -0.15) is 0 Å². The van der Waals surface area contributed by atoms with Crippen LogP contribution >= 0.6 is 11.3 Å². The Balaban J connectivity index is 1.67. The number of hydrogen-bond donors (Lipinski definition) is 1. The molecule has 0 fully saturated rings. The van der Waals surface area contributed by atoms with Gasteiger partial charge in [-0.1, -0.05) is 19.1 Å². The summed E-state index contributed by atoms with van der Waals surface area (Å²) in [4.78, 5) is 22.2. The Labute approximate surface area is 184 Å². The molecule has 4 rings (SSSR count). The quantitative estimate of drug-likeness (QED) is 0.361. The molecule has 0 amide bonds. The van der Waals surface area contributed by atoms with E-state index in [9.17, 15) is 4.79 Å². The molecule has 6 nitrogen and oxygen atoms in total. The number of fused-ring (bicyclic) bond motifs is 1. The van der Waals surface area contributed by atoms with Gasteiger partial charge in [0.25, 0.3) is 0 Å². The Morgan fingerprint density at radius 1 is 1.06 bits per heavy atom. The molecule has 0 bridgehead atoms. The predicted molar refractivity (Wildman–Crippen MR) is 124 cm³/mol. The lowest BCUT2D eigenvalue weighted by molar-refractivity contribution is 0.0505. The van der Waals surface area contributed by atoms with Gasteiger partial charge in [-0.25, -0.2) is 14.8 Å². The van der Waals surface area contributed by atoms with Gasteiger partial charge in [0, 0.05) is 16.6 Å². The van der Waals surface area contributed by atoms with Crippen LogP contribution in [0.5, 0.6) is 5.75 Å². The van der Waals surface area contributed by atoms with Crippen LogP contribution in [-0.2, 0) is 4.74 Å². The number of hydrogen-bond acceptors (Lipinski definition) is 7. The summed E-state index contributed by atoms with van der Waals surface area (Å²) in [5.74, 6) is 1.92. The van der Waals surface area contributed by atoms with E-state index in [-0.39, 0.29) is 5.97 Å². The van der Waals surface area contributed by atoms with Crippen LogP contribution in [0.1, 0.15) is 29.5 Å². The SMILES string of the molecule is CCCOC(=O)c1ccc(Nc2nc(C)nc3scc(-c4ccc(OC)cc4)c23)cc1. The minimum atomic E-state index is -0.312. The number of rotatable bonds is 7. The van der Waals surface area contributed by atoms with Crippen LogP contribution in [0.3, 0.4) is 0 Å². The highest BCUT2D eigenvalue weighted by Gasteiger charge is 2.15. The molecule has 158 valence electrons. The second-order valence-electron chi connectivity index (χ2n) is 7.02. The van der Waals surface area contributed by atoms with E-state index in [1.54, 1.807) is 30.6 Å². The summed E-state index contributed by atoms with van der Waals surface area (Å²) in [7, 11) is 1.66. The molecule has 0 atom stereocenters. The first-order valence-corrected chi connectivity index (χ1v) is 10.9. The number of carbonyl (C=O) groups excluding carboxylic acids is 1. The van der Waals surface area contributed by atoms with Gasteiger partial charge in [0.05, 0.1) is 24.7 Å². The fourth-order valence-corrected chi connectivity index (χ4v) is 4.22. The fraction of sp³-hybridized carbons (Fsp3) is 0.208. The van der Waals surface area contributed by atoms with Crippen molar-refractivity contribution in [1.29, 1.82) is 0 Å². The zero-order chi connectivity index (χ0) is 21.8. The van der Waals surface area contributed by atoms with Gasteiger partial charge in [-0.15, -0.1) is 11.3 Å². The number of methoxy groups -OCH3 is 1. The maximum Gasteiger partial charge on any atom is 0.338 e. The molecule has 0 spiro atoms. The molecule has 1 N–H and O–H groups in total. The molecule has 0 aliphatic carbocycles. The van der Waals surface area contributed by atoms with E-state index in [1.807, 2.05) is 50.2 Å². The number of ether oxygens (including phenoxy) is 2. The van der Waals surface area contributed by atoms with Crippen molar-refractivity contribution in [2.24, 2.45) is 0 Å². The van der Waals surface area contributed by atoms with Crippen LogP contribution in [0, 0.1) is 6.92 Å². The Morgan fingerprint density at radius 3 is 2.48 bits per heavy atom. The summed E-state index contributed by atoms with van der Waals surface area (Å²) in [5, 5.41) is 6.46. The standard InChI is InChI=1S/C24H23N3O3S/c1-4-13-30-24(28)17-5-9-18(10-6-17)27-22-21-20(14-31-23(21)26-15(2)25-22)16-7-11-19(29-3)12-8-16/h5-12,14H,4,13H2,1-3H3,(H,25,26,27). The third-order valence-corrected chi connectivity index (χ3v) is 5.64. The number of anilines is 2. The van der Waals surface area contributed by atoms with Gasteiger partial charge < -0.3 is 14.8 Å². The maximum atomic E-state index is 12.0. The Morgan fingerprint density at radius 2 is 1.81 bits per heavy atom. The minimum Gasteiger partial charge on any atom is -0.497 e. The van der Waals surface area contributed by atoms with Crippen molar-refractivity contribution in [3.63, 3.8) is 0 Å². The molecule has 2 heterocycles. The van der Waals surface area contributed by atoms with Gasteiger partial charge in [-0.05, 0) is 55.3 Å². The van der Waals surface area contributed by atoms with Gasteiger partial charge in [-0.3, -0.25) is 0 Å². The number of thiophene rings is 1.